The first-order chi connectivity index (χ1) is 14.0. The van der Waals surface area contributed by atoms with Crippen LogP contribution in [0.5, 0.6) is 0 Å². The zero-order chi connectivity index (χ0) is 20.4. The Kier molecular flexibility index (Phi) is 5.04. The molecular weight excluding hydrogens is 362 g/mol. The van der Waals surface area contributed by atoms with Gasteiger partial charge in [0.1, 0.15) is 6.61 Å². The van der Waals surface area contributed by atoms with Crippen LogP contribution in [0, 0.1) is 13.8 Å². The summed E-state index contributed by atoms with van der Waals surface area (Å²) in [5.41, 5.74) is 7.25. The topological polar surface area (TPSA) is 63.2 Å². The number of aromatic nitrogens is 1. The Balaban J connectivity index is 1.73. The van der Waals surface area contributed by atoms with Gasteiger partial charge in [-0.1, -0.05) is 35.4 Å². The number of aryl methyl sites for hydroxylation is 2. The van der Waals surface area contributed by atoms with Gasteiger partial charge in [-0.05, 0) is 55.8 Å². The number of pyridine rings is 1. The average Bonchev–Trinajstić information content (AvgIpc) is 2.73. The van der Waals surface area contributed by atoms with E-state index in [1.54, 1.807) is 7.05 Å². The summed E-state index contributed by atoms with van der Waals surface area (Å²) in [6.07, 6.45) is -0.437. The van der Waals surface area contributed by atoms with Gasteiger partial charge >= 0.3 is 6.09 Å². The Hall–Kier alpha value is -3.60. The Morgan fingerprint density at radius 3 is 2.03 bits per heavy atom. The van der Waals surface area contributed by atoms with Crippen molar-refractivity contribution in [2.45, 2.75) is 20.5 Å². The van der Waals surface area contributed by atoms with E-state index in [-0.39, 0.29) is 6.61 Å². The fourth-order valence-electron chi connectivity index (χ4n) is 3.35. The number of carbonyl (C=O) groups is 1. The lowest BCUT2D eigenvalue weighted by atomic mass is 10.0. The molecule has 4 aromatic rings. The molecule has 0 saturated carbocycles. The number of ether oxygens (including phenoxy) is 1. The Morgan fingerprint density at radius 1 is 0.897 bits per heavy atom. The average molecular weight is 385 g/mol. The maximum Gasteiger partial charge on any atom is 0.407 e. The maximum absolute atomic E-state index is 11.2. The zero-order valence-electron chi connectivity index (χ0n) is 16.7. The predicted molar refractivity (Wildman–Crippen MR) is 118 cm³/mol. The number of hydrogen-bond acceptors (Lipinski definition) is 4. The zero-order valence-corrected chi connectivity index (χ0v) is 16.7. The predicted octanol–water partition coefficient (Wildman–Crippen LogP) is 5.60. The van der Waals surface area contributed by atoms with Crippen LogP contribution in [-0.4, -0.2) is 18.1 Å². The van der Waals surface area contributed by atoms with Gasteiger partial charge in [0.25, 0.3) is 0 Å². The van der Waals surface area contributed by atoms with Crippen molar-refractivity contribution >= 4 is 39.3 Å². The van der Waals surface area contributed by atoms with E-state index in [1.165, 1.54) is 11.1 Å². The molecule has 0 unspecified atom stereocenters. The summed E-state index contributed by atoms with van der Waals surface area (Å²) in [5, 5.41) is 8.22. The van der Waals surface area contributed by atoms with Gasteiger partial charge in [-0.2, -0.15) is 0 Å². The number of benzene rings is 3. The molecule has 5 heteroatoms. The Morgan fingerprint density at radius 2 is 1.48 bits per heavy atom. The number of rotatable bonds is 4. The fourth-order valence-corrected chi connectivity index (χ4v) is 3.35. The third kappa shape index (κ3) is 3.99. The fraction of sp³-hybridized carbons (Fsp3) is 0.167. The summed E-state index contributed by atoms with van der Waals surface area (Å²) in [5.74, 6) is 0. The molecule has 0 aliphatic heterocycles. The quantitative estimate of drug-likeness (QED) is 0.449. The molecule has 4 rings (SSSR count). The summed E-state index contributed by atoms with van der Waals surface area (Å²) in [6.45, 7) is 4.41. The highest BCUT2D eigenvalue weighted by atomic mass is 16.5. The van der Waals surface area contributed by atoms with Crippen LogP contribution in [0.3, 0.4) is 0 Å². The van der Waals surface area contributed by atoms with Crippen LogP contribution < -0.4 is 10.6 Å². The molecule has 2 N–H and O–H groups in total. The van der Waals surface area contributed by atoms with Crippen LogP contribution in [0.15, 0.2) is 60.7 Å². The van der Waals surface area contributed by atoms with Crippen LogP contribution >= 0.6 is 0 Å². The highest BCUT2D eigenvalue weighted by Crippen LogP contribution is 2.34. The number of nitrogens with one attached hydrogen (secondary N) is 2. The van der Waals surface area contributed by atoms with E-state index in [4.69, 9.17) is 9.72 Å². The van der Waals surface area contributed by atoms with E-state index in [1.807, 2.05) is 24.3 Å². The molecule has 5 nitrogen and oxygen atoms in total. The minimum atomic E-state index is -0.437. The van der Waals surface area contributed by atoms with Gasteiger partial charge in [0.15, 0.2) is 0 Å². The molecule has 0 saturated heterocycles. The third-order valence-corrected chi connectivity index (χ3v) is 4.88. The summed E-state index contributed by atoms with van der Waals surface area (Å²) in [4.78, 5) is 16.1. The number of hydrogen-bond donors (Lipinski definition) is 2. The highest BCUT2D eigenvalue weighted by Gasteiger charge is 2.10. The van der Waals surface area contributed by atoms with Crippen LogP contribution in [0.2, 0.25) is 0 Å². The Bertz CT molecular complexity index is 1140. The highest BCUT2D eigenvalue weighted by molar-refractivity contribution is 6.09. The van der Waals surface area contributed by atoms with Crippen LogP contribution in [0.1, 0.15) is 16.7 Å². The largest absolute Gasteiger partial charge is 0.445 e. The molecule has 0 radical (unpaired) electrons. The van der Waals surface area contributed by atoms with E-state index in [0.717, 1.165) is 38.7 Å². The summed E-state index contributed by atoms with van der Waals surface area (Å²) in [7, 11) is 1.54. The third-order valence-electron chi connectivity index (χ3n) is 4.88. The van der Waals surface area contributed by atoms with Crippen LogP contribution in [0.25, 0.3) is 21.8 Å². The molecule has 0 atom stereocenters. The van der Waals surface area contributed by atoms with E-state index in [0.29, 0.717) is 0 Å². The number of carbonyl (C=O) groups excluding carboxylic acids is 1. The van der Waals surface area contributed by atoms with Gasteiger partial charge in [0.05, 0.1) is 16.7 Å². The first-order valence-corrected chi connectivity index (χ1v) is 9.55. The molecular formula is C24H23N3O2. The lowest BCUT2D eigenvalue weighted by Gasteiger charge is -2.15. The monoisotopic (exact) mass is 385 g/mol. The molecule has 1 heterocycles. The van der Waals surface area contributed by atoms with Gasteiger partial charge < -0.3 is 15.4 Å². The smallest absolute Gasteiger partial charge is 0.407 e. The van der Waals surface area contributed by atoms with Crippen LogP contribution in [-0.2, 0) is 11.3 Å². The summed E-state index contributed by atoms with van der Waals surface area (Å²) in [6, 6.07) is 20.5. The van der Waals surface area contributed by atoms with E-state index in [2.05, 4.69) is 60.9 Å². The molecule has 29 heavy (non-hydrogen) atoms. The van der Waals surface area contributed by atoms with Crippen molar-refractivity contribution in [3.05, 3.63) is 77.4 Å². The minimum absolute atomic E-state index is 0.236. The molecule has 146 valence electrons. The van der Waals surface area contributed by atoms with Gasteiger partial charge in [-0.25, -0.2) is 9.78 Å². The van der Waals surface area contributed by atoms with E-state index >= 15 is 0 Å². The Labute approximate surface area is 169 Å². The number of nitrogens with zero attached hydrogens (tertiary/aromatic N) is 1. The van der Waals surface area contributed by atoms with Crippen molar-refractivity contribution in [1.29, 1.82) is 0 Å². The lowest BCUT2D eigenvalue weighted by Crippen LogP contribution is -2.18. The summed E-state index contributed by atoms with van der Waals surface area (Å²) < 4.78 is 5.10. The maximum atomic E-state index is 11.2. The van der Waals surface area contributed by atoms with Gasteiger partial charge in [-0.3, -0.25) is 0 Å². The molecule has 1 aromatic heterocycles. The van der Waals surface area contributed by atoms with Crippen molar-refractivity contribution in [3.8, 4) is 0 Å². The second kappa shape index (κ2) is 7.80. The van der Waals surface area contributed by atoms with Crippen molar-refractivity contribution < 1.29 is 9.53 Å². The van der Waals surface area contributed by atoms with Gasteiger partial charge in [0, 0.05) is 23.5 Å². The molecule has 0 spiro atoms. The standard InChI is InChI=1S/C24H23N3O2/c1-15-4-10-21-19(12-15)23(20-13-16(2)5-11-22(20)27-21)26-18-8-6-17(7-9-18)14-29-24(28)25-3/h4-13H,14H2,1-3H3,(H,25,28)(H,26,27). The van der Waals surface area contributed by atoms with Crippen LogP contribution in [0.4, 0.5) is 16.2 Å². The lowest BCUT2D eigenvalue weighted by molar-refractivity contribution is 0.142. The normalized spacial score (nSPS) is 10.9. The molecule has 3 aromatic carbocycles. The minimum Gasteiger partial charge on any atom is -0.445 e. The van der Waals surface area contributed by atoms with Crippen molar-refractivity contribution in [2.75, 3.05) is 12.4 Å². The van der Waals surface area contributed by atoms with Crippen molar-refractivity contribution in [1.82, 2.24) is 10.3 Å². The van der Waals surface area contributed by atoms with Gasteiger partial charge in [-0.15, -0.1) is 0 Å². The second-order valence-electron chi connectivity index (χ2n) is 7.18. The summed E-state index contributed by atoms with van der Waals surface area (Å²) >= 11 is 0. The van der Waals surface area contributed by atoms with E-state index < -0.39 is 6.09 Å². The van der Waals surface area contributed by atoms with Gasteiger partial charge in [0.2, 0.25) is 0 Å². The second-order valence-corrected chi connectivity index (χ2v) is 7.18. The molecule has 0 bridgehead atoms. The van der Waals surface area contributed by atoms with Crippen molar-refractivity contribution in [3.63, 3.8) is 0 Å². The first-order valence-electron chi connectivity index (χ1n) is 9.55. The number of amides is 1. The molecule has 0 aliphatic carbocycles. The number of alkyl carbamates (subject to hydrolysis) is 1. The number of anilines is 2. The molecule has 0 fully saturated rings. The number of fused-ring (bicyclic) bond motifs is 2. The molecule has 0 aliphatic rings. The van der Waals surface area contributed by atoms with Crippen molar-refractivity contribution in [2.24, 2.45) is 0 Å². The van der Waals surface area contributed by atoms with E-state index in [9.17, 15) is 4.79 Å². The molecule has 1 amide bonds. The SMILES string of the molecule is CNC(=O)OCc1ccc(Nc2c3cc(C)ccc3nc3ccc(C)cc23)cc1. The first kappa shape index (κ1) is 18.7.